The lowest BCUT2D eigenvalue weighted by molar-refractivity contribution is -0.133. The van der Waals surface area contributed by atoms with Crippen LogP contribution in [0.3, 0.4) is 0 Å². The van der Waals surface area contributed by atoms with Gasteiger partial charge in [0.25, 0.3) is 5.91 Å². The summed E-state index contributed by atoms with van der Waals surface area (Å²) < 4.78 is 6.25. The average molecular weight is 673 g/mol. The molecule has 1 saturated carbocycles. The molecule has 1 saturated heterocycles. The van der Waals surface area contributed by atoms with Crippen LogP contribution >= 0.6 is 0 Å². The summed E-state index contributed by atoms with van der Waals surface area (Å²) in [6.07, 6.45) is 4.60. The lowest BCUT2D eigenvalue weighted by Gasteiger charge is -2.47. The van der Waals surface area contributed by atoms with Crippen molar-refractivity contribution in [2.45, 2.75) is 69.2 Å². The van der Waals surface area contributed by atoms with Crippen LogP contribution < -0.4 is 21.7 Å². The number of ether oxygens (including phenoxy) is 1. The first-order chi connectivity index (χ1) is 23.7. The van der Waals surface area contributed by atoms with Crippen LogP contribution in [0.4, 0.5) is 0 Å². The Balaban J connectivity index is 1.40. The van der Waals surface area contributed by atoms with Gasteiger partial charge in [-0.3, -0.25) is 24.1 Å². The number of nitrogens with zero attached hydrogens (tertiary/aromatic N) is 2. The van der Waals surface area contributed by atoms with E-state index in [1.807, 2.05) is 48.5 Å². The molecule has 2 aliphatic rings. The number of hydrogen-bond donors (Lipinski definition) is 5. The number of aliphatic hydroxyl groups excluding tert-OH is 1. The molecule has 6 unspecified atom stereocenters. The number of hydrogen-bond acceptors (Lipinski definition) is 8. The number of piperidine rings is 1. The smallest absolute Gasteiger partial charge is 0.270 e. The predicted molar refractivity (Wildman–Crippen MR) is 185 cm³/mol. The van der Waals surface area contributed by atoms with Crippen molar-refractivity contribution in [3.8, 4) is 0 Å². The highest BCUT2D eigenvalue weighted by Gasteiger charge is 2.41. The number of likely N-dealkylation sites (N-methyl/N-ethyl adjacent to an activating group) is 1. The Labute approximate surface area is 287 Å². The van der Waals surface area contributed by atoms with Crippen LogP contribution in [0.2, 0.25) is 0 Å². The van der Waals surface area contributed by atoms with Crippen molar-refractivity contribution in [2.75, 3.05) is 33.4 Å². The zero-order valence-electron chi connectivity index (χ0n) is 28.1. The largest absolute Gasteiger partial charge is 0.394 e. The molecule has 1 aliphatic carbocycles. The van der Waals surface area contributed by atoms with Crippen LogP contribution in [0.15, 0.2) is 66.7 Å². The molecule has 2 heterocycles. The molecule has 6 N–H and O–H groups in total. The Morgan fingerprint density at radius 3 is 2.45 bits per heavy atom. The highest BCUT2D eigenvalue weighted by Crippen LogP contribution is 2.39. The number of rotatable bonds is 15. The maximum absolute atomic E-state index is 14.0. The van der Waals surface area contributed by atoms with Gasteiger partial charge in [-0.15, -0.1) is 0 Å². The Hall–Kier alpha value is -4.39. The van der Waals surface area contributed by atoms with Gasteiger partial charge in [-0.2, -0.15) is 0 Å². The molecule has 0 radical (unpaired) electrons. The molecular formula is C37H48N6O6. The third-order valence-corrected chi connectivity index (χ3v) is 9.82. The molecule has 12 heteroatoms. The monoisotopic (exact) mass is 672 g/mol. The van der Waals surface area contributed by atoms with Gasteiger partial charge in [0, 0.05) is 25.5 Å². The zero-order chi connectivity index (χ0) is 34.8. The van der Waals surface area contributed by atoms with Crippen LogP contribution in [0.1, 0.15) is 54.6 Å². The van der Waals surface area contributed by atoms with Gasteiger partial charge in [-0.25, -0.2) is 4.98 Å². The number of pyridine rings is 1. The van der Waals surface area contributed by atoms with Gasteiger partial charge in [-0.1, -0.05) is 73.9 Å². The molecule has 2 aromatic carbocycles. The van der Waals surface area contributed by atoms with E-state index in [9.17, 15) is 24.3 Å². The summed E-state index contributed by atoms with van der Waals surface area (Å²) in [4.78, 5) is 59.2. The van der Waals surface area contributed by atoms with E-state index < -0.39 is 42.3 Å². The molecule has 1 aliphatic heterocycles. The second-order valence-corrected chi connectivity index (χ2v) is 13.1. The first-order valence-corrected chi connectivity index (χ1v) is 17.2. The van der Waals surface area contributed by atoms with Crippen molar-refractivity contribution >= 4 is 34.5 Å². The number of aliphatic hydroxyl groups is 1. The van der Waals surface area contributed by atoms with E-state index in [1.54, 1.807) is 25.2 Å². The van der Waals surface area contributed by atoms with Gasteiger partial charge in [0.1, 0.15) is 11.7 Å². The van der Waals surface area contributed by atoms with Crippen LogP contribution in [-0.2, 0) is 25.5 Å². The fourth-order valence-corrected chi connectivity index (χ4v) is 7.33. The van der Waals surface area contributed by atoms with E-state index in [0.717, 1.165) is 36.8 Å². The molecule has 3 aromatic rings. The van der Waals surface area contributed by atoms with E-state index in [1.165, 1.54) is 12.8 Å². The topological polar surface area (TPSA) is 176 Å². The third-order valence-electron chi connectivity index (χ3n) is 9.82. The fourth-order valence-electron chi connectivity index (χ4n) is 7.33. The van der Waals surface area contributed by atoms with Gasteiger partial charge in [-0.05, 0) is 48.8 Å². The number of fused-ring (bicyclic) bond motifs is 2. The summed E-state index contributed by atoms with van der Waals surface area (Å²) in [5.41, 5.74) is 7.19. The molecule has 262 valence electrons. The Bertz CT molecular complexity index is 1590. The minimum absolute atomic E-state index is 0.0193. The van der Waals surface area contributed by atoms with E-state index in [4.69, 9.17) is 10.5 Å². The van der Waals surface area contributed by atoms with Crippen molar-refractivity contribution < 1.29 is 29.0 Å². The Kier molecular flexibility index (Phi) is 12.7. The van der Waals surface area contributed by atoms with Crippen molar-refractivity contribution in [2.24, 2.45) is 17.6 Å². The predicted octanol–water partition coefficient (Wildman–Crippen LogP) is 1.94. The summed E-state index contributed by atoms with van der Waals surface area (Å²) >= 11 is 0. The van der Waals surface area contributed by atoms with Crippen molar-refractivity contribution in [3.63, 3.8) is 0 Å². The number of aromatic nitrogens is 1. The van der Waals surface area contributed by atoms with Crippen LogP contribution in [0.5, 0.6) is 0 Å². The van der Waals surface area contributed by atoms with Crippen LogP contribution in [0, 0.1) is 11.8 Å². The molecule has 12 nitrogen and oxygen atoms in total. The van der Waals surface area contributed by atoms with E-state index in [0.29, 0.717) is 30.3 Å². The second kappa shape index (κ2) is 17.3. The first kappa shape index (κ1) is 35.9. The van der Waals surface area contributed by atoms with Crippen molar-refractivity contribution in [3.05, 3.63) is 78.0 Å². The van der Waals surface area contributed by atoms with Crippen molar-refractivity contribution in [1.82, 2.24) is 25.8 Å². The van der Waals surface area contributed by atoms with Gasteiger partial charge >= 0.3 is 0 Å². The van der Waals surface area contributed by atoms with E-state index >= 15 is 0 Å². The third kappa shape index (κ3) is 9.62. The molecule has 4 amide bonds. The number of carbonyl (C=O) groups excluding carboxylic acids is 4. The Morgan fingerprint density at radius 2 is 1.71 bits per heavy atom. The zero-order valence-corrected chi connectivity index (χ0v) is 28.1. The summed E-state index contributed by atoms with van der Waals surface area (Å²) in [6.45, 7) is 0.844. The molecular weight excluding hydrogens is 624 g/mol. The maximum Gasteiger partial charge on any atom is 0.270 e. The molecule has 2 fully saturated rings. The fraction of sp³-hybridized carbons (Fsp3) is 0.486. The average Bonchev–Trinajstić information content (AvgIpc) is 3.12. The second-order valence-electron chi connectivity index (χ2n) is 13.1. The number of nitrogens with one attached hydrogen (secondary N) is 3. The minimum atomic E-state index is -1.29. The highest BCUT2D eigenvalue weighted by atomic mass is 16.5. The summed E-state index contributed by atoms with van der Waals surface area (Å²) in [6, 6.07) is 18.0. The standard InChI is InChI=1S/C37H48N6O6/c1-39-37(48)32-20-26-12-5-6-13-27(26)22-43(32)23-33(49-18-17-44)30(19-24-9-3-2-4-10-24)41-36(47)31(21-34(38)45)42-35(46)29-16-15-25-11-7-8-14-28(25)40-29/h2-4,7-11,14-16,26-27,30-33,44H,5-6,12-13,17-23H2,1H3,(H2,38,45)(H,39,48)(H,41,47)(H,42,46). The van der Waals surface area contributed by atoms with E-state index in [-0.39, 0.29) is 30.9 Å². The first-order valence-electron chi connectivity index (χ1n) is 17.2. The number of para-hydroxylation sites is 1. The molecule has 5 rings (SSSR count). The number of primary amides is 1. The SMILES string of the molecule is CNC(=O)C1CC2CCCCC2CN1CC(OCCO)C(Cc1ccccc1)NC(=O)C(CC(N)=O)NC(=O)c1ccc2ccccc2n1. The lowest BCUT2D eigenvalue weighted by Crippen LogP contribution is -2.60. The van der Waals surface area contributed by atoms with Crippen molar-refractivity contribution in [1.29, 1.82) is 0 Å². The molecule has 0 bridgehead atoms. The lowest BCUT2D eigenvalue weighted by atomic mass is 9.72. The quantitative estimate of drug-likeness (QED) is 0.163. The summed E-state index contributed by atoms with van der Waals surface area (Å²) in [7, 11) is 1.65. The molecule has 49 heavy (non-hydrogen) atoms. The molecule has 1 aromatic heterocycles. The van der Waals surface area contributed by atoms with Gasteiger partial charge in [0.05, 0.1) is 43.3 Å². The summed E-state index contributed by atoms with van der Waals surface area (Å²) in [5.74, 6) is -1.10. The minimum Gasteiger partial charge on any atom is -0.394 e. The number of carbonyl (C=O) groups is 4. The van der Waals surface area contributed by atoms with Crippen LogP contribution in [-0.4, -0.2) is 96.2 Å². The number of benzene rings is 2. The maximum atomic E-state index is 14.0. The van der Waals surface area contributed by atoms with Gasteiger partial charge in [0.15, 0.2) is 0 Å². The van der Waals surface area contributed by atoms with Gasteiger partial charge in [0.2, 0.25) is 17.7 Å². The van der Waals surface area contributed by atoms with Gasteiger partial charge < -0.3 is 31.5 Å². The molecule has 6 atom stereocenters. The number of amides is 4. The molecule has 0 spiro atoms. The summed E-state index contributed by atoms with van der Waals surface area (Å²) in [5, 5.41) is 19.2. The number of likely N-dealkylation sites (tertiary alicyclic amines) is 1. The number of nitrogens with two attached hydrogens (primary N) is 1. The van der Waals surface area contributed by atoms with E-state index in [2.05, 4.69) is 25.8 Å². The highest BCUT2D eigenvalue weighted by molar-refractivity contribution is 5.99. The Morgan fingerprint density at radius 1 is 0.980 bits per heavy atom. The van der Waals surface area contributed by atoms with Crippen LogP contribution in [0.25, 0.3) is 10.9 Å². The normalized spacial score (nSPS) is 21.1.